The molecule has 0 fully saturated rings. The Hall–Kier alpha value is -0.910. The summed E-state index contributed by atoms with van der Waals surface area (Å²) in [4.78, 5) is 0. The van der Waals surface area contributed by atoms with E-state index in [1.165, 1.54) is 0 Å². The Morgan fingerprint density at radius 1 is 1.44 bits per heavy atom. The van der Waals surface area contributed by atoms with Gasteiger partial charge in [-0.2, -0.15) is 5.10 Å². The molecule has 1 aromatic heterocycles. The summed E-state index contributed by atoms with van der Waals surface area (Å²) in [5.41, 5.74) is 0.889. The van der Waals surface area contributed by atoms with Gasteiger partial charge in [-0.3, -0.25) is 4.68 Å². The fraction of sp³-hybridized carbons (Fsp3) is 0.769. The Labute approximate surface area is 109 Å². The zero-order valence-corrected chi connectivity index (χ0v) is 11.7. The minimum atomic E-state index is -0.436. The summed E-state index contributed by atoms with van der Waals surface area (Å²) >= 11 is 0. The van der Waals surface area contributed by atoms with Crippen LogP contribution in [0.15, 0.2) is 12.3 Å². The summed E-state index contributed by atoms with van der Waals surface area (Å²) in [6, 6.07) is 1.83. The number of nitrogens with zero attached hydrogens (tertiary/aromatic N) is 2. The average Bonchev–Trinajstić information content (AvgIpc) is 2.68. The van der Waals surface area contributed by atoms with Crippen molar-refractivity contribution in [3.63, 3.8) is 0 Å². The lowest BCUT2D eigenvalue weighted by molar-refractivity contribution is 0.0388. The van der Waals surface area contributed by atoms with E-state index in [0.717, 1.165) is 5.69 Å². The van der Waals surface area contributed by atoms with Crippen LogP contribution in [0.5, 0.6) is 0 Å². The second kappa shape index (κ2) is 6.31. The van der Waals surface area contributed by atoms with Gasteiger partial charge in [0.1, 0.15) is 0 Å². The van der Waals surface area contributed by atoms with Gasteiger partial charge in [0.05, 0.1) is 18.4 Å². The van der Waals surface area contributed by atoms with Crippen molar-refractivity contribution in [2.24, 2.45) is 12.5 Å². The monoisotopic (exact) mass is 255 g/mol. The molecule has 18 heavy (non-hydrogen) atoms. The van der Waals surface area contributed by atoms with E-state index < -0.39 is 6.10 Å². The third kappa shape index (κ3) is 4.40. The molecule has 0 aromatic carbocycles. The highest BCUT2D eigenvalue weighted by atomic mass is 16.3. The van der Waals surface area contributed by atoms with Crippen molar-refractivity contribution in [2.75, 3.05) is 6.61 Å². The molecule has 0 unspecified atom stereocenters. The molecule has 0 spiro atoms. The molecule has 3 N–H and O–H groups in total. The summed E-state index contributed by atoms with van der Waals surface area (Å²) in [5.74, 6) is 0. The van der Waals surface area contributed by atoms with E-state index in [9.17, 15) is 10.2 Å². The standard InChI is InChI=1S/C13H25N3O2/c1-13(2,3)12(18)7-10(9-17)14-8-11-5-6-15-16(11)4/h5-6,10,12,14,17-18H,7-9H2,1-4H3/t10-,12+/m1/s1. The van der Waals surface area contributed by atoms with Gasteiger partial charge in [0, 0.05) is 25.8 Å². The molecule has 104 valence electrons. The van der Waals surface area contributed by atoms with Crippen molar-refractivity contribution in [2.45, 2.75) is 45.9 Å². The quantitative estimate of drug-likeness (QED) is 0.698. The minimum absolute atomic E-state index is 0.0188. The van der Waals surface area contributed by atoms with Crippen LogP contribution in [0.4, 0.5) is 0 Å². The molecule has 0 saturated carbocycles. The molecule has 1 aromatic rings. The van der Waals surface area contributed by atoms with Crippen LogP contribution in [0.25, 0.3) is 0 Å². The van der Waals surface area contributed by atoms with Crippen molar-refractivity contribution in [1.29, 1.82) is 0 Å². The van der Waals surface area contributed by atoms with E-state index in [1.54, 1.807) is 10.9 Å². The lowest BCUT2D eigenvalue weighted by Gasteiger charge is -2.29. The molecule has 1 heterocycles. The fourth-order valence-corrected chi connectivity index (χ4v) is 1.67. The first kappa shape index (κ1) is 15.1. The number of hydrogen-bond acceptors (Lipinski definition) is 4. The average molecular weight is 255 g/mol. The number of hydrogen-bond donors (Lipinski definition) is 3. The van der Waals surface area contributed by atoms with Gasteiger partial charge in [-0.25, -0.2) is 0 Å². The molecule has 0 aliphatic carbocycles. The maximum absolute atomic E-state index is 10.0. The lowest BCUT2D eigenvalue weighted by atomic mass is 9.85. The molecule has 5 heteroatoms. The van der Waals surface area contributed by atoms with Crippen molar-refractivity contribution in [3.8, 4) is 0 Å². The van der Waals surface area contributed by atoms with Crippen LogP contribution in [0.1, 0.15) is 32.9 Å². The van der Waals surface area contributed by atoms with Crippen LogP contribution in [-0.2, 0) is 13.6 Å². The normalized spacial score (nSPS) is 15.7. The molecular formula is C13H25N3O2. The zero-order valence-electron chi connectivity index (χ0n) is 11.7. The number of rotatable bonds is 6. The first-order chi connectivity index (χ1) is 8.34. The largest absolute Gasteiger partial charge is 0.395 e. The second-order valence-corrected chi connectivity index (χ2v) is 5.82. The molecule has 0 saturated heterocycles. The van der Waals surface area contributed by atoms with Gasteiger partial charge >= 0.3 is 0 Å². The molecule has 2 atom stereocenters. The summed E-state index contributed by atoms with van der Waals surface area (Å²) in [6.07, 6.45) is 1.85. The van der Waals surface area contributed by atoms with Crippen LogP contribution >= 0.6 is 0 Å². The third-order valence-corrected chi connectivity index (χ3v) is 3.22. The molecule has 0 aliphatic heterocycles. The van der Waals surface area contributed by atoms with Crippen molar-refractivity contribution in [3.05, 3.63) is 18.0 Å². The van der Waals surface area contributed by atoms with Crippen LogP contribution in [0.3, 0.4) is 0 Å². The molecular weight excluding hydrogens is 230 g/mol. The molecule has 0 radical (unpaired) electrons. The first-order valence-corrected chi connectivity index (χ1v) is 6.33. The number of nitrogens with one attached hydrogen (secondary N) is 1. The van der Waals surface area contributed by atoms with E-state index in [2.05, 4.69) is 10.4 Å². The number of aliphatic hydroxyl groups excluding tert-OH is 2. The smallest absolute Gasteiger partial charge is 0.0604 e. The highest BCUT2D eigenvalue weighted by Gasteiger charge is 2.25. The van der Waals surface area contributed by atoms with Gasteiger partial charge in [0.15, 0.2) is 0 Å². The van der Waals surface area contributed by atoms with Gasteiger partial charge in [-0.15, -0.1) is 0 Å². The number of aryl methyl sites for hydroxylation is 1. The summed E-state index contributed by atoms with van der Waals surface area (Å²) in [7, 11) is 1.88. The number of aromatic nitrogens is 2. The third-order valence-electron chi connectivity index (χ3n) is 3.22. The highest BCUT2D eigenvalue weighted by molar-refractivity contribution is 4.99. The van der Waals surface area contributed by atoms with Crippen molar-refractivity contribution < 1.29 is 10.2 Å². The predicted octanol–water partition coefficient (Wildman–Crippen LogP) is 0.668. The minimum Gasteiger partial charge on any atom is -0.395 e. The molecule has 1 rings (SSSR count). The number of aliphatic hydroxyl groups is 2. The van der Waals surface area contributed by atoms with Crippen molar-refractivity contribution in [1.82, 2.24) is 15.1 Å². The fourth-order valence-electron chi connectivity index (χ4n) is 1.67. The highest BCUT2D eigenvalue weighted by Crippen LogP contribution is 2.22. The van der Waals surface area contributed by atoms with E-state index in [-0.39, 0.29) is 18.1 Å². The van der Waals surface area contributed by atoms with Crippen LogP contribution in [-0.4, -0.2) is 38.7 Å². The van der Waals surface area contributed by atoms with Crippen LogP contribution in [0, 0.1) is 5.41 Å². The Morgan fingerprint density at radius 3 is 2.56 bits per heavy atom. The molecule has 0 bridgehead atoms. The Morgan fingerprint density at radius 2 is 2.11 bits per heavy atom. The summed E-state index contributed by atoms with van der Waals surface area (Å²) < 4.78 is 1.79. The first-order valence-electron chi connectivity index (χ1n) is 6.33. The van der Waals surface area contributed by atoms with E-state index in [0.29, 0.717) is 13.0 Å². The Balaban J connectivity index is 2.45. The van der Waals surface area contributed by atoms with Gasteiger partial charge in [-0.1, -0.05) is 20.8 Å². The maximum Gasteiger partial charge on any atom is 0.0604 e. The van der Waals surface area contributed by atoms with Gasteiger partial charge in [-0.05, 0) is 17.9 Å². The Bertz CT molecular complexity index is 357. The molecule has 5 nitrogen and oxygen atoms in total. The summed E-state index contributed by atoms with van der Waals surface area (Å²) in [5, 5.41) is 26.7. The molecule has 0 aliphatic rings. The maximum atomic E-state index is 10.0. The topological polar surface area (TPSA) is 70.3 Å². The lowest BCUT2D eigenvalue weighted by Crippen LogP contribution is -2.39. The predicted molar refractivity (Wildman–Crippen MR) is 71.0 cm³/mol. The van der Waals surface area contributed by atoms with Crippen LogP contribution < -0.4 is 5.32 Å². The van der Waals surface area contributed by atoms with Gasteiger partial charge in [0.2, 0.25) is 0 Å². The Kier molecular flexibility index (Phi) is 5.31. The molecule has 0 amide bonds. The second-order valence-electron chi connectivity index (χ2n) is 5.82. The van der Waals surface area contributed by atoms with E-state index in [4.69, 9.17) is 0 Å². The zero-order chi connectivity index (χ0) is 13.8. The van der Waals surface area contributed by atoms with Gasteiger partial charge < -0.3 is 15.5 Å². The van der Waals surface area contributed by atoms with Crippen LogP contribution in [0.2, 0.25) is 0 Å². The SMILES string of the molecule is Cn1nccc1CN[C@@H](CO)C[C@H](O)C(C)(C)C. The van der Waals surface area contributed by atoms with Crippen molar-refractivity contribution >= 4 is 0 Å². The van der Waals surface area contributed by atoms with Gasteiger partial charge in [0.25, 0.3) is 0 Å². The summed E-state index contributed by atoms with van der Waals surface area (Å²) in [6.45, 7) is 6.64. The van der Waals surface area contributed by atoms with E-state index >= 15 is 0 Å². The van der Waals surface area contributed by atoms with E-state index in [1.807, 2.05) is 33.9 Å².